The molecule has 2 heterocycles. The Morgan fingerprint density at radius 2 is 1.52 bits per heavy atom. The van der Waals surface area contributed by atoms with Gasteiger partial charge in [0.25, 0.3) is 0 Å². The predicted octanol–water partition coefficient (Wildman–Crippen LogP) is 2.13. The van der Waals surface area contributed by atoms with Crippen molar-refractivity contribution in [3.63, 3.8) is 0 Å². The number of benzene rings is 2. The van der Waals surface area contributed by atoms with Crippen LogP contribution in [0.15, 0.2) is 65.6 Å². The highest BCUT2D eigenvalue weighted by atomic mass is 32.2. The Labute approximate surface area is 185 Å². The van der Waals surface area contributed by atoms with E-state index in [-0.39, 0.29) is 31.0 Å². The Bertz CT molecular complexity index is 946. The van der Waals surface area contributed by atoms with Gasteiger partial charge in [-0.1, -0.05) is 48.5 Å². The van der Waals surface area contributed by atoms with Crippen molar-refractivity contribution >= 4 is 10.0 Å². The lowest BCUT2D eigenvalue weighted by Gasteiger charge is -2.45. The van der Waals surface area contributed by atoms with Crippen molar-refractivity contribution in [2.75, 3.05) is 32.7 Å². The van der Waals surface area contributed by atoms with E-state index in [9.17, 15) is 18.6 Å². The molecule has 2 saturated heterocycles. The predicted molar refractivity (Wildman–Crippen MR) is 120 cm³/mol. The minimum absolute atomic E-state index is 0.0880. The average molecular weight is 445 g/mol. The molecule has 2 aliphatic rings. The Morgan fingerprint density at radius 1 is 0.903 bits per heavy atom. The Morgan fingerprint density at radius 3 is 2.16 bits per heavy atom. The van der Waals surface area contributed by atoms with Gasteiger partial charge in [0.1, 0.15) is 5.60 Å². The van der Waals surface area contributed by atoms with Crippen molar-refractivity contribution in [1.82, 2.24) is 9.21 Å². The van der Waals surface area contributed by atoms with Gasteiger partial charge in [-0.25, -0.2) is 8.42 Å². The molecule has 4 rings (SSSR count). The first kappa shape index (κ1) is 22.4. The lowest BCUT2D eigenvalue weighted by Crippen LogP contribution is -2.63. The summed E-state index contributed by atoms with van der Waals surface area (Å²) in [5, 5.41) is 21.8. The van der Waals surface area contributed by atoms with E-state index in [1.807, 2.05) is 6.07 Å². The minimum atomic E-state index is -3.70. The van der Waals surface area contributed by atoms with Crippen LogP contribution in [0.3, 0.4) is 0 Å². The van der Waals surface area contributed by atoms with Crippen LogP contribution in [0, 0.1) is 5.92 Å². The molecule has 0 amide bonds. The van der Waals surface area contributed by atoms with E-state index in [4.69, 9.17) is 0 Å². The molecule has 0 spiro atoms. The molecule has 2 fully saturated rings. The molecule has 7 heteroatoms. The number of aliphatic hydroxyl groups is 2. The third kappa shape index (κ3) is 5.18. The third-order valence-corrected chi connectivity index (χ3v) is 8.53. The van der Waals surface area contributed by atoms with Gasteiger partial charge in [0.05, 0.1) is 11.0 Å². The summed E-state index contributed by atoms with van der Waals surface area (Å²) in [6.07, 6.45) is 2.43. The van der Waals surface area contributed by atoms with Gasteiger partial charge < -0.3 is 15.1 Å². The summed E-state index contributed by atoms with van der Waals surface area (Å²) in [4.78, 5) is 2.39. The highest BCUT2D eigenvalue weighted by molar-refractivity contribution is 7.89. The van der Waals surface area contributed by atoms with Crippen LogP contribution >= 0.6 is 0 Å². The van der Waals surface area contributed by atoms with Crippen LogP contribution in [-0.2, 0) is 16.4 Å². The van der Waals surface area contributed by atoms with E-state index in [0.717, 1.165) is 32.4 Å². The highest BCUT2D eigenvalue weighted by Gasteiger charge is 2.46. The number of aliphatic hydroxyl groups excluding tert-OH is 1. The van der Waals surface area contributed by atoms with E-state index in [2.05, 4.69) is 29.2 Å². The number of hydrogen-bond donors (Lipinski definition) is 2. The molecule has 0 aromatic heterocycles. The van der Waals surface area contributed by atoms with E-state index < -0.39 is 21.7 Å². The highest BCUT2D eigenvalue weighted by Crippen LogP contribution is 2.30. The van der Waals surface area contributed by atoms with Crippen LogP contribution in [0.4, 0.5) is 0 Å². The van der Waals surface area contributed by atoms with Crippen LogP contribution in [0.2, 0.25) is 0 Å². The number of rotatable bonds is 6. The molecule has 0 aliphatic carbocycles. The number of likely N-dealkylation sites (tertiary alicyclic amines) is 1. The fourth-order valence-electron chi connectivity index (χ4n) is 4.81. The zero-order valence-corrected chi connectivity index (χ0v) is 18.6. The monoisotopic (exact) mass is 444 g/mol. The summed E-state index contributed by atoms with van der Waals surface area (Å²) in [7, 11) is -3.70. The van der Waals surface area contributed by atoms with Crippen molar-refractivity contribution in [2.24, 2.45) is 5.92 Å². The van der Waals surface area contributed by atoms with Gasteiger partial charge in [0.15, 0.2) is 0 Å². The van der Waals surface area contributed by atoms with Gasteiger partial charge in [0.2, 0.25) is 10.0 Å². The number of β-amino-alcohol motifs (C(OH)–C–C–N with tert-alkyl or cyclic N) is 1. The summed E-state index contributed by atoms with van der Waals surface area (Å²) < 4.78 is 27.3. The fourth-order valence-corrected chi connectivity index (χ4v) is 6.35. The Hall–Kier alpha value is -1.77. The van der Waals surface area contributed by atoms with Gasteiger partial charge >= 0.3 is 0 Å². The average Bonchev–Trinajstić information content (AvgIpc) is 2.78. The fraction of sp³-hybridized carbons (Fsp3) is 0.500. The molecule has 2 aromatic carbocycles. The second kappa shape index (κ2) is 9.38. The van der Waals surface area contributed by atoms with Crippen molar-refractivity contribution < 1.29 is 18.6 Å². The summed E-state index contributed by atoms with van der Waals surface area (Å²) in [5.74, 6) is 0.611. The van der Waals surface area contributed by atoms with Crippen molar-refractivity contribution in [2.45, 2.75) is 42.3 Å². The Kier molecular flexibility index (Phi) is 6.79. The summed E-state index contributed by atoms with van der Waals surface area (Å²) in [6.45, 7) is 2.10. The molecule has 31 heavy (non-hydrogen) atoms. The topological polar surface area (TPSA) is 81.1 Å². The zero-order chi connectivity index (χ0) is 21.9. The van der Waals surface area contributed by atoms with E-state index in [1.54, 1.807) is 30.3 Å². The van der Waals surface area contributed by atoms with Gasteiger partial charge in [0, 0.05) is 19.6 Å². The quantitative estimate of drug-likeness (QED) is 0.714. The molecular formula is C24H32N2O4S. The van der Waals surface area contributed by atoms with Crippen molar-refractivity contribution in [3.05, 3.63) is 66.2 Å². The first-order valence-corrected chi connectivity index (χ1v) is 12.5. The first-order valence-electron chi connectivity index (χ1n) is 11.1. The third-order valence-electron chi connectivity index (χ3n) is 6.68. The van der Waals surface area contributed by atoms with E-state index in [1.165, 1.54) is 9.87 Å². The number of piperidine rings is 2. The standard InChI is InChI=1S/C24H32N2O4S/c27-23-13-16-26(31(29,30)22-9-5-2-6-10-22)19-24(23,28)18-25-14-11-21(12-15-25)17-20-7-3-1-4-8-20/h1-10,21,23,27-28H,11-19H2/t23-,24+/m0/s1. The molecule has 2 aromatic rings. The van der Waals surface area contributed by atoms with Crippen molar-refractivity contribution in [1.29, 1.82) is 0 Å². The molecule has 0 saturated carbocycles. The maximum absolute atomic E-state index is 13.0. The molecule has 2 atom stereocenters. The molecule has 168 valence electrons. The summed E-state index contributed by atoms with van der Waals surface area (Å²) in [5.41, 5.74) is -0.115. The van der Waals surface area contributed by atoms with Crippen LogP contribution in [0.1, 0.15) is 24.8 Å². The zero-order valence-electron chi connectivity index (χ0n) is 17.8. The van der Waals surface area contributed by atoms with Gasteiger partial charge in [-0.05, 0) is 62.4 Å². The van der Waals surface area contributed by atoms with Crippen LogP contribution in [0.5, 0.6) is 0 Å². The molecule has 2 N–H and O–H groups in total. The number of nitrogens with zero attached hydrogens (tertiary/aromatic N) is 2. The first-order chi connectivity index (χ1) is 14.9. The van der Waals surface area contributed by atoms with Gasteiger partial charge in [-0.3, -0.25) is 0 Å². The normalized spacial score (nSPS) is 26.7. The molecule has 0 unspecified atom stereocenters. The van der Waals surface area contributed by atoms with Gasteiger partial charge in [-0.15, -0.1) is 0 Å². The molecular weight excluding hydrogens is 412 g/mol. The molecule has 2 aliphatic heterocycles. The molecule has 0 bridgehead atoms. The van der Waals surface area contributed by atoms with Crippen molar-refractivity contribution in [3.8, 4) is 0 Å². The minimum Gasteiger partial charge on any atom is -0.390 e. The maximum atomic E-state index is 13.0. The Balaban J connectivity index is 1.37. The summed E-state index contributed by atoms with van der Waals surface area (Å²) in [6, 6.07) is 18.8. The van der Waals surface area contributed by atoms with Gasteiger partial charge in [-0.2, -0.15) is 4.31 Å². The summed E-state index contributed by atoms with van der Waals surface area (Å²) >= 11 is 0. The van der Waals surface area contributed by atoms with E-state index >= 15 is 0 Å². The van der Waals surface area contributed by atoms with Crippen LogP contribution in [0.25, 0.3) is 0 Å². The second-order valence-electron chi connectivity index (χ2n) is 8.97. The number of sulfonamides is 1. The molecule has 6 nitrogen and oxygen atoms in total. The maximum Gasteiger partial charge on any atom is 0.243 e. The largest absolute Gasteiger partial charge is 0.390 e. The molecule has 0 radical (unpaired) electrons. The second-order valence-corrected chi connectivity index (χ2v) is 10.9. The lowest BCUT2D eigenvalue weighted by molar-refractivity contribution is -0.123. The smallest absolute Gasteiger partial charge is 0.243 e. The number of hydrogen-bond acceptors (Lipinski definition) is 5. The van der Waals surface area contributed by atoms with Crippen LogP contribution in [-0.4, -0.2) is 72.3 Å². The lowest BCUT2D eigenvalue weighted by atomic mass is 9.87. The SMILES string of the molecule is O=S(=O)(c1ccccc1)N1CC[C@H](O)[C@@](O)(CN2CCC(Cc3ccccc3)CC2)C1. The van der Waals surface area contributed by atoms with Crippen LogP contribution < -0.4 is 0 Å². The van der Waals surface area contributed by atoms with E-state index in [0.29, 0.717) is 5.92 Å².